The Kier molecular flexibility index (Phi) is 3.59. The van der Waals surface area contributed by atoms with Crippen molar-refractivity contribution in [2.45, 2.75) is 19.9 Å². The number of aryl methyl sites for hydroxylation is 1. The molecule has 0 amide bonds. The van der Waals surface area contributed by atoms with E-state index in [0.29, 0.717) is 10.6 Å². The van der Waals surface area contributed by atoms with Crippen molar-refractivity contribution in [3.05, 3.63) is 41.2 Å². The van der Waals surface area contributed by atoms with E-state index in [2.05, 4.69) is 16.5 Å². The minimum absolute atomic E-state index is 0.554. The molecule has 1 heterocycles. The first-order valence-corrected chi connectivity index (χ1v) is 5.90. The van der Waals surface area contributed by atoms with Gasteiger partial charge >= 0.3 is 0 Å². The molecule has 0 aliphatic rings. The van der Waals surface area contributed by atoms with Crippen LogP contribution in [0.2, 0.25) is 5.02 Å². The zero-order chi connectivity index (χ0) is 12.3. The molecule has 4 heteroatoms. The fraction of sp³-hybridized carbons (Fsp3) is 0.231. The van der Waals surface area contributed by atoms with E-state index in [0.717, 1.165) is 30.6 Å². The van der Waals surface area contributed by atoms with Crippen LogP contribution in [0.15, 0.2) is 30.6 Å². The van der Waals surface area contributed by atoms with E-state index in [9.17, 15) is 4.79 Å². The number of aromatic nitrogens is 2. The van der Waals surface area contributed by atoms with Crippen molar-refractivity contribution in [2.75, 3.05) is 0 Å². The Morgan fingerprint density at radius 3 is 2.94 bits per heavy atom. The van der Waals surface area contributed by atoms with Gasteiger partial charge < -0.3 is 4.57 Å². The van der Waals surface area contributed by atoms with E-state index in [1.54, 1.807) is 18.3 Å². The minimum atomic E-state index is 0.554. The first-order valence-electron chi connectivity index (χ1n) is 5.52. The lowest BCUT2D eigenvalue weighted by atomic mass is 10.1. The van der Waals surface area contributed by atoms with Crippen LogP contribution in [0.25, 0.3) is 11.4 Å². The van der Waals surface area contributed by atoms with Crippen LogP contribution >= 0.6 is 11.6 Å². The number of benzene rings is 1. The van der Waals surface area contributed by atoms with Gasteiger partial charge in [-0.3, -0.25) is 4.79 Å². The lowest BCUT2D eigenvalue weighted by molar-refractivity contribution is 0.112. The molecule has 0 fully saturated rings. The summed E-state index contributed by atoms with van der Waals surface area (Å²) in [5.41, 5.74) is 1.43. The molecule has 1 aromatic carbocycles. The molecule has 0 bridgehead atoms. The summed E-state index contributed by atoms with van der Waals surface area (Å²) >= 11 is 6.16. The van der Waals surface area contributed by atoms with Crippen molar-refractivity contribution in [1.82, 2.24) is 9.55 Å². The highest BCUT2D eigenvalue weighted by Gasteiger charge is 2.09. The maximum absolute atomic E-state index is 10.6. The normalized spacial score (nSPS) is 10.5. The van der Waals surface area contributed by atoms with E-state index < -0.39 is 0 Å². The number of aldehydes is 1. The van der Waals surface area contributed by atoms with Gasteiger partial charge in [-0.25, -0.2) is 4.98 Å². The average Bonchev–Trinajstić information content (AvgIpc) is 2.77. The van der Waals surface area contributed by atoms with Crippen molar-refractivity contribution in [1.29, 1.82) is 0 Å². The highest BCUT2D eigenvalue weighted by molar-refractivity contribution is 6.33. The number of hydrogen-bond donors (Lipinski definition) is 0. The average molecular weight is 249 g/mol. The lowest BCUT2D eigenvalue weighted by Crippen LogP contribution is -1.99. The molecule has 0 atom stereocenters. The van der Waals surface area contributed by atoms with Gasteiger partial charge in [0.1, 0.15) is 12.1 Å². The third kappa shape index (κ3) is 2.39. The summed E-state index contributed by atoms with van der Waals surface area (Å²) < 4.78 is 2.06. The second-order valence-corrected chi connectivity index (χ2v) is 4.21. The van der Waals surface area contributed by atoms with E-state index in [1.807, 2.05) is 12.3 Å². The highest BCUT2D eigenvalue weighted by Crippen LogP contribution is 2.27. The van der Waals surface area contributed by atoms with Crippen LogP contribution in [0.3, 0.4) is 0 Å². The van der Waals surface area contributed by atoms with Gasteiger partial charge in [-0.05, 0) is 18.6 Å². The maximum atomic E-state index is 10.6. The Balaban J connectivity index is 2.45. The molecule has 0 radical (unpaired) electrons. The SMILES string of the molecule is CCCn1ccnc1-c1ccc(C=O)cc1Cl. The molecule has 0 saturated heterocycles. The molecule has 0 N–H and O–H groups in total. The molecule has 1 aromatic heterocycles. The highest BCUT2D eigenvalue weighted by atomic mass is 35.5. The third-order valence-corrected chi connectivity index (χ3v) is 2.86. The van der Waals surface area contributed by atoms with Gasteiger partial charge in [-0.1, -0.05) is 24.6 Å². The van der Waals surface area contributed by atoms with E-state index >= 15 is 0 Å². The van der Waals surface area contributed by atoms with Crippen molar-refractivity contribution >= 4 is 17.9 Å². The second kappa shape index (κ2) is 5.15. The Hall–Kier alpha value is -1.61. The molecule has 2 aromatic rings. The molecular weight excluding hydrogens is 236 g/mol. The van der Waals surface area contributed by atoms with Crippen molar-refractivity contribution < 1.29 is 4.79 Å². The molecule has 0 unspecified atom stereocenters. The van der Waals surface area contributed by atoms with Gasteiger partial charge in [0.15, 0.2) is 0 Å². The van der Waals surface area contributed by atoms with Crippen LogP contribution in [0.5, 0.6) is 0 Å². The van der Waals surface area contributed by atoms with E-state index in [-0.39, 0.29) is 0 Å². The summed E-state index contributed by atoms with van der Waals surface area (Å²) in [5.74, 6) is 0.842. The van der Waals surface area contributed by atoms with Gasteiger partial charge in [0.25, 0.3) is 0 Å². The summed E-state index contributed by atoms with van der Waals surface area (Å²) in [6, 6.07) is 5.24. The number of rotatable bonds is 4. The Morgan fingerprint density at radius 2 is 2.29 bits per heavy atom. The smallest absolute Gasteiger partial charge is 0.150 e. The summed E-state index contributed by atoms with van der Waals surface area (Å²) in [4.78, 5) is 15.0. The molecule has 17 heavy (non-hydrogen) atoms. The second-order valence-electron chi connectivity index (χ2n) is 3.80. The zero-order valence-electron chi connectivity index (χ0n) is 9.56. The topological polar surface area (TPSA) is 34.9 Å². The van der Waals surface area contributed by atoms with Crippen LogP contribution in [0.1, 0.15) is 23.7 Å². The lowest BCUT2D eigenvalue weighted by Gasteiger charge is -2.08. The maximum Gasteiger partial charge on any atom is 0.150 e. The number of halogens is 1. The van der Waals surface area contributed by atoms with Gasteiger partial charge in [0, 0.05) is 30.1 Å². The molecule has 0 spiro atoms. The van der Waals surface area contributed by atoms with Crippen LogP contribution in [0.4, 0.5) is 0 Å². The Morgan fingerprint density at radius 1 is 1.47 bits per heavy atom. The van der Waals surface area contributed by atoms with Crippen LogP contribution < -0.4 is 0 Å². The molecule has 88 valence electrons. The van der Waals surface area contributed by atoms with Crippen molar-refractivity contribution in [3.8, 4) is 11.4 Å². The first-order chi connectivity index (χ1) is 8.26. The van der Waals surface area contributed by atoms with Gasteiger partial charge in [-0.2, -0.15) is 0 Å². The monoisotopic (exact) mass is 248 g/mol. The number of carbonyl (C=O) groups is 1. The number of imidazole rings is 1. The Labute approximate surface area is 105 Å². The predicted molar refractivity (Wildman–Crippen MR) is 68.4 cm³/mol. The predicted octanol–water partition coefficient (Wildman–Crippen LogP) is 3.43. The minimum Gasteiger partial charge on any atom is -0.331 e. The number of carbonyl (C=O) groups excluding carboxylic acids is 1. The molecule has 0 aliphatic carbocycles. The molecule has 2 rings (SSSR count). The Bertz CT molecular complexity index is 534. The fourth-order valence-electron chi connectivity index (χ4n) is 1.76. The molecular formula is C13H13ClN2O. The molecule has 0 saturated carbocycles. The third-order valence-electron chi connectivity index (χ3n) is 2.55. The van der Waals surface area contributed by atoms with Gasteiger partial charge in [0.2, 0.25) is 0 Å². The standard InChI is InChI=1S/C13H13ClN2O/c1-2-6-16-7-5-15-13(16)11-4-3-10(9-17)8-12(11)14/h3-5,7-9H,2,6H2,1H3. The first kappa shape index (κ1) is 11.9. The fourth-order valence-corrected chi connectivity index (χ4v) is 2.03. The zero-order valence-corrected chi connectivity index (χ0v) is 10.3. The van der Waals surface area contributed by atoms with E-state index in [4.69, 9.17) is 11.6 Å². The van der Waals surface area contributed by atoms with Crippen molar-refractivity contribution in [3.63, 3.8) is 0 Å². The number of hydrogen-bond acceptors (Lipinski definition) is 2. The molecule has 3 nitrogen and oxygen atoms in total. The van der Waals surface area contributed by atoms with Crippen LogP contribution in [-0.2, 0) is 6.54 Å². The van der Waals surface area contributed by atoms with E-state index in [1.165, 1.54) is 0 Å². The molecule has 0 aliphatic heterocycles. The van der Waals surface area contributed by atoms with Gasteiger partial charge in [0.05, 0.1) is 5.02 Å². The number of nitrogens with zero attached hydrogens (tertiary/aromatic N) is 2. The largest absolute Gasteiger partial charge is 0.331 e. The van der Waals surface area contributed by atoms with Crippen LogP contribution in [-0.4, -0.2) is 15.8 Å². The summed E-state index contributed by atoms with van der Waals surface area (Å²) in [7, 11) is 0. The summed E-state index contributed by atoms with van der Waals surface area (Å²) in [6.07, 6.45) is 5.51. The quantitative estimate of drug-likeness (QED) is 0.777. The van der Waals surface area contributed by atoms with Gasteiger partial charge in [-0.15, -0.1) is 0 Å². The summed E-state index contributed by atoms with van der Waals surface area (Å²) in [6.45, 7) is 3.02. The van der Waals surface area contributed by atoms with Crippen molar-refractivity contribution in [2.24, 2.45) is 0 Å². The van der Waals surface area contributed by atoms with Crippen LogP contribution in [0, 0.1) is 0 Å². The summed E-state index contributed by atoms with van der Waals surface area (Å²) in [5, 5.41) is 0.554.